The van der Waals surface area contributed by atoms with E-state index in [1.807, 2.05) is 6.92 Å². The maximum Gasteiger partial charge on any atom is 0.408 e. The van der Waals surface area contributed by atoms with Gasteiger partial charge in [0.05, 0.1) is 0 Å². The number of hydrogen-bond acceptors (Lipinski definition) is 4. The summed E-state index contributed by atoms with van der Waals surface area (Å²) in [4.78, 5) is 33.9. The molecule has 0 heterocycles. The van der Waals surface area contributed by atoms with Crippen LogP contribution in [0.3, 0.4) is 0 Å². The average Bonchev–Trinajstić information content (AvgIpc) is 2.28. The van der Waals surface area contributed by atoms with Gasteiger partial charge in [0, 0.05) is 0 Å². The van der Waals surface area contributed by atoms with Gasteiger partial charge in [-0.3, -0.25) is 9.59 Å². The summed E-state index contributed by atoms with van der Waals surface area (Å²) >= 11 is 0. The second-order valence-electron chi connectivity index (χ2n) is 5.45. The van der Waals surface area contributed by atoms with E-state index >= 15 is 0 Å². The summed E-state index contributed by atoms with van der Waals surface area (Å²) < 4.78 is 5.08. The summed E-state index contributed by atoms with van der Waals surface area (Å²) in [6, 6.07) is -0.788. The SMILES string of the molecule is CCCCC(NC(=O)OC(C)(C)C)C(=O)NCC(=O)O. The zero-order valence-electron chi connectivity index (χ0n) is 12.5. The Hall–Kier alpha value is -1.79. The number of rotatable bonds is 7. The molecule has 3 N–H and O–H groups in total. The van der Waals surface area contributed by atoms with Crippen LogP contribution in [0.5, 0.6) is 0 Å². The Bertz CT molecular complexity index is 349. The summed E-state index contributed by atoms with van der Waals surface area (Å²) in [6.45, 7) is 6.64. The molecule has 0 aromatic rings. The zero-order chi connectivity index (χ0) is 15.8. The third-order valence-corrected chi connectivity index (χ3v) is 2.27. The Morgan fingerprint density at radius 1 is 1.25 bits per heavy atom. The van der Waals surface area contributed by atoms with Gasteiger partial charge in [-0.15, -0.1) is 0 Å². The van der Waals surface area contributed by atoms with E-state index in [0.29, 0.717) is 6.42 Å². The summed E-state index contributed by atoms with van der Waals surface area (Å²) in [5.41, 5.74) is -0.656. The maximum atomic E-state index is 11.8. The molecule has 0 rings (SSSR count). The molecule has 0 fully saturated rings. The number of carboxylic acids is 1. The maximum absolute atomic E-state index is 11.8. The van der Waals surface area contributed by atoms with E-state index in [9.17, 15) is 14.4 Å². The van der Waals surface area contributed by atoms with Crippen molar-refractivity contribution >= 4 is 18.0 Å². The first kappa shape index (κ1) is 18.2. The normalized spacial score (nSPS) is 12.4. The highest BCUT2D eigenvalue weighted by atomic mass is 16.6. The Morgan fingerprint density at radius 3 is 2.30 bits per heavy atom. The molecular formula is C13H24N2O5. The van der Waals surface area contributed by atoms with Gasteiger partial charge in [-0.25, -0.2) is 4.79 Å². The Labute approximate surface area is 119 Å². The van der Waals surface area contributed by atoms with Crippen LogP contribution in [0.15, 0.2) is 0 Å². The van der Waals surface area contributed by atoms with Crippen LogP contribution in [-0.4, -0.2) is 41.3 Å². The molecule has 0 aliphatic heterocycles. The third kappa shape index (κ3) is 9.18. The molecule has 7 nitrogen and oxygen atoms in total. The van der Waals surface area contributed by atoms with Gasteiger partial charge in [-0.05, 0) is 27.2 Å². The number of amides is 2. The van der Waals surface area contributed by atoms with E-state index in [2.05, 4.69) is 10.6 Å². The van der Waals surface area contributed by atoms with Gasteiger partial charge in [0.1, 0.15) is 18.2 Å². The minimum Gasteiger partial charge on any atom is -0.480 e. The molecular weight excluding hydrogens is 264 g/mol. The lowest BCUT2D eigenvalue weighted by molar-refractivity contribution is -0.138. The number of unbranched alkanes of at least 4 members (excludes halogenated alkanes) is 1. The minimum atomic E-state index is -1.13. The fourth-order valence-electron chi connectivity index (χ4n) is 1.41. The molecule has 0 aromatic heterocycles. The van der Waals surface area contributed by atoms with Gasteiger partial charge in [0.25, 0.3) is 0 Å². The highest BCUT2D eigenvalue weighted by molar-refractivity contribution is 5.87. The van der Waals surface area contributed by atoms with Gasteiger partial charge >= 0.3 is 12.1 Å². The van der Waals surface area contributed by atoms with Crippen LogP contribution < -0.4 is 10.6 Å². The molecule has 20 heavy (non-hydrogen) atoms. The molecule has 0 aliphatic rings. The first-order valence-corrected chi connectivity index (χ1v) is 6.64. The number of nitrogens with one attached hydrogen (secondary N) is 2. The Kier molecular flexibility index (Phi) is 7.64. The summed E-state index contributed by atoms with van der Waals surface area (Å²) in [5.74, 6) is -1.66. The van der Waals surface area contributed by atoms with E-state index in [1.165, 1.54) is 0 Å². The van der Waals surface area contributed by atoms with E-state index in [4.69, 9.17) is 9.84 Å². The first-order valence-electron chi connectivity index (χ1n) is 6.64. The summed E-state index contributed by atoms with van der Waals surface area (Å²) in [5, 5.41) is 13.2. The molecule has 7 heteroatoms. The van der Waals surface area contributed by atoms with Crippen molar-refractivity contribution in [2.45, 2.75) is 58.6 Å². The second kappa shape index (κ2) is 8.39. The standard InChI is InChI=1S/C13H24N2O5/c1-5-6-7-9(11(18)14-8-10(16)17)15-12(19)20-13(2,3)4/h9H,5-8H2,1-4H3,(H,14,18)(H,15,19)(H,16,17). The highest BCUT2D eigenvalue weighted by Gasteiger charge is 2.24. The molecule has 0 saturated heterocycles. The topological polar surface area (TPSA) is 105 Å². The van der Waals surface area contributed by atoms with Crippen LogP contribution in [-0.2, 0) is 14.3 Å². The molecule has 1 unspecified atom stereocenters. The van der Waals surface area contributed by atoms with Gasteiger partial charge in [-0.1, -0.05) is 19.8 Å². The lowest BCUT2D eigenvalue weighted by atomic mass is 10.1. The fourth-order valence-corrected chi connectivity index (χ4v) is 1.41. The Balaban J connectivity index is 4.50. The van der Waals surface area contributed by atoms with Crippen molar-refractivity contribution in [3.63, 3.8) is 0 Å². The molecule has 1 atom stereocenters. The smallest absolute Gasteiger partial charge is 0.408 e. The number of ether oxygens (including phenoxy) is 1. The van der Waals surface area contributed by atoms with Crippen molar-refractivity contribution < 1.29 is 24.2 Å². The molecule has 0 aliphatic carbocycles. The van der Waals surface area contributed by atoms with Gasteiger partial charge < -0.3 is 20.5 Å². The van der Waals surface area contributed by atoms with Crippen LogP contribution in [0.2, 0.25) is 0 Å². The first-order chi connectivity index (χ1) is 9.15. The van der Waals surface area contributed by atoms with Crippen molar-refractivity contribution in [3.05, 3.63) is 0 Å². The number of carbonyl (C=O) groups excluding carboxylic acids is 2. The highest BCUT2D eigenvalue weighted by Crippen LogP contribution is 2.08. The van der Waals surface area contributed by atoms with Crippen molar-refractivity contribution in [1.82, 2.24) is 10.6 Å². The zero-order valence-corrected chi connectivity index (χ0v) is 12.5. The summed E-state index contributed by atoms with van der Waals surface area (Å²) in [6.07, 6.45) is 1.34. The molecule has 0 aromatic carbocycles. The largest absolute Gasteiger partial charge is 0.480 e. The minimum absolute atomic E-state index is 0.432. The molecule has 0 saturated carbocycles. The second-order valence-corrected chi connectivity index (χ2v) is 5.45. The van der Waals surface area contributed by atoms with Gasteiger partial charge in [0.15, 0.2) is 0 Å². The molecule has 2 amide bonds. The van der Waals surface area contributed by atoms with Crippen LogP contribution >= 0.6 is 0 Å². The quantitative estimate of drug-likeness (QED) is 0.654. The van der Waals surface area contributed by atoms with E-state index in [0.717, 1.165) is 12.8 Å². The van der Waals surface area contributed by atoms with Gasteiger partial charge in [-0.2, -0.15) is 0 Å². The molecule has 0 bridgehead atoms. The van der Waals surface area contributed by atoms with Crippen molar-refractivity contribution in [3.8, 4) is 0 Å². The molecule has 116 valence electrons. The predicted molar refractivity (Wildman–Crippen MR) is 73.3 cm³/mol. The Morgan fingerprint density at radius 2 is 1.85 bits per heavy atom. The fraction of sp³-hybridized carbons (Fsp3) is 0.769. The monoisotopic (exact) mass is 288 g/mol. The van der Waals surface area contributed by atoms with Crippen molar-refractivity contribution in [2.75, 3.05) is 6.54 Å². The van der Waals surface area contributed by atoms with E-state index in [-0.39, 0.29) is 0 Å². The van der Waals surface area contributed by atoms with Crippen molar-refractivity contribution in [2.24, 2.45) is 0 Å². The van der Waals surface area contributed by atoms with Gasteiger partial charge in [0.2, 0.25) is 5.91 Å². The van der Waals surface area contributed by atoms with Crippen LogP contribution in [0.4, 0.5) is 4.79 Å². The van der Waals surface area contributed by atoms with E-state index < -0.39 is 36.2 Å². The number of carbonyl (C=O) groups is 3. The van der Waals surface area contributed by atoms with E-state index in [1.54, 1.807) is 20.8 Å². The number of aliphatic carboxylic acids is 1. The molecule has 0 radical (unpaired) electrons. The van der Waals surface area contributed by atoms with Crippen LogP contribution in [0, 0.1) is 0 Å². The van der Waals surface area contributed by atoms with Crippen molar-refractivity contribution in [1.29, 1.82) is 0 Å². The average molecular weight is 288 g/mol. The number of alkyl carbamates (subject to hydrolysis) is 1. The number of carboxylic acid groups (broad SMARTS) is 1. The summed E-state index contributed by atoms with van der Waals surface area (Å²) in [7, 11) is 0. The number of hydrogen-bond donors (Lipinski definition) is 3. The molecule has 0 spiro atoms. The lowest BCUT2D eigenvalue weighted by Crippen LogP contribution is -2.49. The van der Waals surface area contributed by atoms with Crippen LogP contribution in [0.1, 0.15) is 47.0 Å². The predicted octanol–water partition coefficient (Wildman–Crippen LogP) is 1.27. The lowest BCUT2D eigenvalue weighted by Gasteiger charge is -2.23. The van der Waals surface area contributed by atoms with Crippen LogP contribution in [0.25, 0.3) is 0 Å². The third-order valence-electron chi connectivity index (χ3n) is 2.27.